The number of nitrogens with one attached hydrogen (secondary N) is 1. The molecule has 0 fully saturated rings. The summed E-state index contributed by atoms with van der Waals surface area (Å²) in [6.45, 7) is 2.04. The molecule has 0 aliphatic carbocycles. The average Bonchev–Trinajstić information content (AvgIpc) is 2.46. The van der Waals surface area contributed by atoms with Crippen molar-refractivity contribution in [1.82, 2.24) is 0 Å². The first kappa shape index (κ1) is 14.1. The molecular weight excluding hydrogens is 257 g/mol. The van der Waals surface area contributed by atoms with Crippen LogP contribution in [0.3, 0.4) is 0 Å². The quantitative estimate of drug-likeness (QED) is 0.848. The Morgan fingerprint density at radius 2 is 2.00 bits per heavy atom. The van der Waals surface area contributed by atoms with Gasteiger partial charge in [0.15, 0.2) is 5.78 Å². The van der Waals surface area contributed by atoms with E-state index in [1.54, 1.807) is 0 Å². The molecule has 2 aromatic carbocycles. The van der Waals surface area contributed by atoms with E-state index in [1.165, 1.54) is 25.3 Å². The number of para-hydroxylation sites is 1. The monoisotopic (exact) mass is 273 g/mol. The van der Waals surface area contributed by atoms with Crippen LogP contribution in [0, 0.1) is 12.7 Å². The number of Topliss-reactive ketones (excluding diaryl/α,β-unsaturated/α-hetero) is 1. The van der Waals surface area contributed by atoms with Crippen molar-refractivity contribution in [3.05, 3.63) is 59.4 Å². The molecular formula is C16H16FNO2. The van der Waals surface area contributed by atoms with Gasteiger partial charge in [0, 0.05) is 5.69 Å². The van der Waals surface area contributed by atoms with Crippen molar-refractivity contribution >= 4 is 11.5 Å². The van der Waals surface area contributed by atoms with Gasteiger partial charge >= 0.3 is 0 Å². The molecule has 3 nitrogen and oxygen atoms in total. The number of carbonyl (C=O) groups excluding carboxylic acids is 1. The Kier molecular flexibility index (Phi) is 4.35. The third-order valence-electron chi connectivity index (χ3n) is 3.05. The van der Waals surface area contributed by atoms with E-state index in [4.69, 9.17) is 4.74 Å². The summed E-state index contributed by atoms with van der Waals surface area (Å²) in [7, 11) is 1.46. The Balaban J connectivity index is 2.13. The molecule has 0 saturated carbocycles. The van der Waals surface area contributed by atoms with Crippen LogP contribution in [-0.2, 0) is 0 Å². The first-order chi connectivity index (χ1) is 9.61. The number of aryl methyl sites for hydroxylation is 1. The molecule has 0 atom stereocenters. The molecule has 104 valence electrons. The third kappa shape index (κ3) is 3.15. The van der Waals surface area contributed by atoms with Crippen LogP contribution >= 0.6 is 0 Å². The molecule has 0 aromatic heterocycles. The maximum absolute atomic E-state index is 13.2. The number of hydrogen-bond acceptors (Lipinski definition) is 3. The molecule has 4 heteroatoms. The van der Waals surface area contributed by atoms with E-state index < -0.39 is 5.82 Å². The molecule has 0 saturated heterocycles. The number of carbonyl (C=O) groups is 1. The number of ketones is 1. The molecule has 0 amide bonds. The molecule has 1 N–H and O–H groups in total. The normalized spacial score (nSPS) is 10.2. The first-order valence-electron chi connectivity index (χ1n) is 6.28. The largest absolute Gasteiger partial charge is 0.496 e. The summed E-state index contributed by atoms with van der Waals surface area (Å²) in [6.07, 6.45) is 0. The van der Waals surface area contributed by atoms with Crippen LogP contribution in [0.15, 0.2) is 42.5 Å². The molecule has 2 rings (SSSR count). The second-order valence-electron chi connectivity index (χ2n) is 4.44. The lowest BCUT2D eigenvalue weighted by Gasteiger charge is -2.11. The van der Waals surface area contributed by atoms with Crippen molar-refractivity contribution in [3.63, 3.8) is 0 Å². The highest BCUT2D eigenvalue weighted by Gasteiger charge is 2.13. The number of ether oxygens (including phenoxy) is 1. The van der Waals surface area contributed by atoms with Crippen molar-refractivity contribution in [1.29, 1.82) is 0 Å². The number of hydrogen-bond donors (Lipinski definition) is 1. The van der Waals surface area contributed by atoms with Crippen molar-refractivity contribution in [2.24, 2.45) is 0 Å². The van der Waals surface area contributed by atoms with Crippen molar-refractivity contribution < 1.29 is 13.9 Å². The molecule has 20 heavy (non-hydrogen) atoms. The van der Waals surface area contributed by atoms with Crippen LogP contribution in [-0.4, -0.2) is 19.4 Å². The number of methoxy groups -OCH3 is 1. The summed E-state index contributed by atoms with van der Waals surface area (Å²) in [5.74, 6) is -0.294. The van der Waals surface area contributed by atoms with E-state index in [-0.39, 0.29) is 17.9 Å². The molecule has 0 heterocycles. The molecule has 0 unspecified atom stereocenters. The predicted octanol–water partition coefficient (Wildman–Crippen LogP) is 3.44. The van der Waals surface area contributed by atoms with Gasteiger partial charge in [0.2, 0.25) is 0 Å². The second kappa shape index (κ2) is 6.19. The smallest absolute Gasteiger partial charge is 0.185 e. The minimum Gasteiger partial charge on any atom is -0.496 e. The van der Waals surface area contributed by atoms with Crippen molar-refractivity contribution in [3.8, 4) is 5.75 Å². The number of anilines is 1. The van der Waals surface area contributed by atoms with E-state index in [0.717, 1.165) is 11.3 Å². The van der Waals surface area contributed by atoms with Gasteiger partial charge in [-0.15, -0.1) is 0 Å². The minimum atomic E-state index is -0.454. The van der Waals surface area contributed by atoms with Gasteiger partial charge in [-0.25, -0.2) is 4.39 Å². The third-order valence-corrected chi connectivity index (χ3v) is 3.05. The summed E-state index contributed by atoms with van der Waals surface area (Å²) in [4.78, 5) is 12.2. The van der Waals surface area contributed by atoms with Crippen LogP contribution in [0.1, 0.15) is 15.9 Å². The second-order valence-corrected chi connectivity index (χ2v) is 4.44. The Labute approximate surface area is 117 Å². The van der Waals surface area contributed by atoms with Gasteiger partial charge < -0.3 is 10.1 Å². The first-order valence-corrected chi connectivity index (χ1v) is 6.28. The summed E-state index contributed by atoms with van der Waals surface area (Å²) in [5.41, 5.74) is 2.18. The zero-order valence-corrected chi connectivity index (χ0v) is 11.4. The minimum absolute atomic E-state index is 0.0880. The van der Waals surface area contributed by atoms with Crippen LogP contribution < -0.4 is 10.1 Å². The average molecular weight is 273 g/mol. The maximum Gasteiger partial charge on any atom is 0.185 e. The molecule has 2 aromatic rings. The number of halogens is 1. The van der Waals surface area contributed by atoms with Gasteiger partial charge in [0.05, 0.1) is 19.2 Å². The van der Waals surface area contributed by atoms with Crippen LogP contribution in [0.2, 0.25) is 0 Å². The van der Waals surface area contributed by atoms with Crippen LogP contribution in [0.5, 0.6) is 5.75 Å². The number of benzene rings is 2. The highest BCUT2D eigenvalue weighted by molar-refractivity contribution is 6.01. The lowest BCUT2D eigenvalue weighted by atomic mass is 10.1. The standard InChI is InChI=1S/C16H16FNO2/c1-11-5-3-4-6-14(11)18-10-15(19)13-9-12(17)7-8-16(13)20-2/h3-9,18H,10H2,1-2H3. The van der Waals surface area contributed by atoms with E-state index in [0.29, 0.717) is 5.75 Å². The summed E-state index contributed by atoms with van der Waals surface area (Å²) >= 11 is 0. The fraction of sp³-hybridized carbons (Fsp3) is 0.188. The topological polar surface area (TPSA) is 38.3 Å². The number of rotatable bonds is 5. The predicted molar refractivity (Wildman–Crippen MR) is 77.0 cm³/mol. The molecule has 0 bridgehead atoms. The lowest BCUT2D eigenvalue weighted by molar-refractivity contribution is 0.100. The Morgan fingerprint density at radius 3 is 2.70 bits per heavy atom. The summed E-state index contributed by atoms with van der Waals surface area (Å²) in [6, 6.07) is 11.6. The van der Waals surface area contributed by atoms with Crippen LogP contribution in [0.25, 0.3) is 0 Å². The summed E-state index contributed by atoms with van der Waals surface area (Å²) < 4.78 is 18.3. The molecule has 0 aliphatic heterocycles. The van der Waals surface area contributed by atoms with Gasteiger partial charge in [-0.05, 0) is 36.8 Å². The Bertz CT molecular complexity index is 626. The van der Waals surface area contributed by atoms with Gasteiger partial charge in [0.25, 0.3) is 0 Å². The van der Waals surface area contributed by atoms with Gasteiger partial charge in [-0.2, -0.15) is 0 Å². The zero-order chi connectivity index (χ0) is 14.5. The Hall–Kier alpha value is -2.36. The fourth-order valence-corrected chi connectivity index (χ4v) is 1.94. The molecule has 0 radical (unpaired) electrons. The Morgan fingerprint density at radius 1 is 1.25 bits per heavy atom. The fourth-order valence-electron chi connectivity index (χ4n) is 1.94. The highest BCUT2D eigenvalue weighted by Crippen LogP contribution is 2.20. The SMILES string of the molecule is COc1ccc(F)cc1C(=O)CNc1ccccc1C. The van der Waals surface area contributed by atoms with Gasteiger partial charge in [-0.3, -0.25) is 4.79 Å². The maximum atomic E-state index is 13.2. The van der Waals surface area contributed by atoms with Crippen molar-refractivity contribution in [2.45, 2.75) is 6.92 Å². The van der Waals surface area contributed by atoms with E-state index in [2.05, 4.69) is 5.32 Å². The van der Waals surface area contributed by atoms with Gasteiger partial charge in [-0.1, -0.05) is 18.2 Å². The zero-order valence-electron chi connectivity index (χ0n) is 11.4. The van der Waals surface area contributed by atoms with Gasteiger partial charge in [0.1, 0.15) is 11.6 Å². The van der Waals surface area contributed by atoms with Crippen molar-refractivity contribution in [2.75, 3.05) is 19.0 Å². The molecule has 0 spiro atoms. The lowest BCUT2D eigenvalue weighted by Crippen LogP contribution is -2.15. The van der Waals surface area contributed by atoms with Crippen LogP contribution in [0.4, 0.5) is 10.1 Å². The molecule has 0 aliphatic rings. The van der Waals surface area contributed by atoms with E-state index >= 15 is 0 Å². The summed E-state index contributed by atoms with van der Waals surface area (Å²) in [5, 5.41) is 3.05. The van der Waals surface area contributed by atoms with E-state index in [1.807, 2.05) is 31.2 Å². The van der Waals surface area contributed by atoms with E-state index in [9.17, 15) is 9.18 Å². The highest BCUT2D eigenvalue weighted by atomic mass is 19.1.